The molecule has 0 spiro atoms. The molecule has 0 radical (unpaired) electrons. The normalized spacial score (nSPS) is 14.4. The van der Waals surface area contributed by atoms with Gasteiger partial charge >= 0.3 is 0 Å². The van der Waals surface area contributed by atoms with Crippen LogP contribution in [0.15, 0.2) is 23.4 Å². The zero-order valence-corrected chi connectivity index (χ0v) is 13.0. The van der Waals surface area contributed by atoms with Gasteiger partial charge in [0.2, 0.25) is 0 Å². The van der Waals surface area contributed by atoms with Crippen molar-refractivity contribution in [2.24, 2.45) is 0 Å². The lowest BCUT2D eigenvalue weighted by atomic mass is 10.1. The minimum atomic E-state index is -2.63. The second kappa shape index (κ2) is 5.66. The zero-order chi connectivity index (χ0) is 15.0. The topological polar surface area (TPSA) is 61.9 Å². The Hall–Kier alpha value is -1.58. The monoisotopic (exact) mass is 404 g/mol. The van der Waals surface area contributed by atoms with E-state index in [1.165, 1.54) is 6.07 Å². The van der Waals surface area contributed by atoms with Crippen molar-refractivity contribution in [2.45, 2.75) is 19.4 Å². The SMILES string of the molecule is O=c1c(I)c[nH]c2c1CN(c1cc(C(F)F)ncn1)CC2. The first-order valence-corrected chi connectivity index (χ1v) is 7.38. The van der Waals surface area contributed by atoms with Crippen LogP contribution in [0.2, 0.25) is 0 Å². The summed E-state index contributed by atoms with van der Waals surface area (Å²) in [5.74, 6) is 0.421. The highest BCUT2D eigenvalue weighted by Crippen LogP contribution is 2.23. The van der Waals surface area contributed by atoms with Gasteiger partial charge in [0.15, 0.2) is 5.43 Å². The molecule has 110 valence electrons. The van der Waals surface area contributed by atoms with Gasteiger partial charge in [-0.25, -0.2) is 18.7 Å². The molecule has 0 fully saturated rings. The largest absolute Gasteiger partial charge is 0.363 e. The van der Waals surface area contributed by atoms with E-state index >= 15 is 0 Å². The van der Waals surface area contributed by atoms with Gasteiger partial charge in [0.05, 0.1) is 3.57 Å². The molecular formula is C13H11F2IN4O. The first-order valence-electron chi connectivity index (χ1n) is 6.30. The van der Waals surface area contributed by atoms with E-state index in [1.54, 1.807) is 6.20 Å². The highest BCUT2D eigenvalue weighted by atomic mass is 127. The number of aromatic nitrogens is 3. The Balaban J connectivity index is 1.94. The summed E-state index contributed by atoms with van der Waals surface area (Å²) in [7, 11) is 0. The summed E-state index contributed by atoms with van der Waals surface area (Å²) in [5, 5.41) is 0. The molecule has 1 aliphatic heterocycles. The fraction of sp³-hybridized carbons (Fsp3) is 0.308. The van der Waals surface area contributed by atoms with E-state index in [1.807, 2.05) is 27.5 Å². The Kier molecular flexibility index (Phi) is 3.87. The molecule has 0 saturated carbocycles. The van der Waals surface area contributed by atoms with E-state index in [2.05, 4.69) is 15.0 Å². The maximum absolute atomic E-state index is 12.7. The molecule has 0 aliphatic carbocycles. The lowest BCUT2D eigenvalue weighted by molar-refractivity contribution is 0.146. The number of nitrogens with one attached hydrogen (secondary N) is 1. The summed E-state index contributed by atoms with van der Waals surface area (Å²) < 4.78 is 26.0. The zero-order valence-electron chi connectivity index (χ0n) is 10.8. The molecule has 3 heterocycles. The lowest BCUT2D eigenvalue weighted by Gasteiger charge is -2.29. The third-order valence-corrected chi connectivity index (χ3v) is 4.23. The number of fused-ring (bicyclic) bond motifs is 1. The third-order valence-electron chi connectivity index (χ3n) is 3.43. The van der Waals surface area contributed by atoms with Crippen LogP contribution in [0.3, 0.4) is 0 Å². The van der Waals surface area contributed by atoms with Crippen molar-refractivity contribution in [3.63, 3.8) is 0 Å². The highest BCUT2D eigenvalue weighted by Gasteiger charge is 2.22. The second-order valence-corrected chi connectivity index (χ2v) is 5.86. The number of rotatable bonds is 2. The van der Waals surface area contributed by atoms with E-state index in [9.17, 15) is 13.6 Å². The fourth-order valence-corrected chi connectivity index (χ4v) is 2.82. The maximum atomic E-state index is 12.7. The quantitative estimate of drug-likeness (QED) is 0.781. The Morgan fingerprint density at radius 2 is 2.19 bits per heavy atom. The summed E-state index contributed by atoms with van der Waals surface area (Å²) in [5.41, 5.74) is 1.25. The van der Waals surface area contributed by atoms with Crippen LogP contribution in [0, 0.1) is 3.57 Å². The second-order valence-electron chi connectivity index (χ2n) is 4.70. The Labute approximate surface area is 132 Å². The summed E-state index contributed by atoms with van der Waals surface area (Å²) in [6.07, 6.45) is 0.839. The van der Waals surface area contributed by atoms with Crippen LogP contribution in [0.25, 0.3) is 0 Å². The highest BCUT2D eigenvalue weighted by molar-refractivity contribution is 14.1. The summed E-state index contributed by atoms with van der Waals surface area (Å²) >= 11 is 1.98. The van der Waals surface area contributed by atoms with Crippen molar-refractivity contribution >= 4 is 28.4 Å². The van der Waals surface area contributed by atoms with Gasteiger partial charge in [-0.2, -0.15) is 0 Å². The van der Waals surface area contributed by atoms with Gasteiger partial charge in [0.25, 0.3) is 6.43 Å². The van der Waals surface area contributed by atoms with E-state index in [0.29, 0.717) is 34.5 Å². The molecule has 2 aromatic heterocycles. The number of halogens is 3. The van der Waals surface area contributed by atoms with Crippen LogP contribution >= 0.6 is 22.6 Å². The van der Waals surface area contributed by atoms with Crippen molar-refractivity contribution in [3.05, 3.63) is 49.3 Å². The Morgan fingerprint density at radius 3 is 2.95 bits per heavy atom. The number of hydrogen-bond acceptors (Lipinski definition) is 4. The summed E-state index contributed by atoms with van der Waals surface area (Å²) in [6, 6.07) is 1.28. The molecule has 0 saturated heterocycles. The molecule has 21 heavy (non-hydrogen) atoms. The number of alkyl halides is 2. The first-order chi connectivity index (χ1) is 10.1. The van der Waals surface area contributed by atoms with Crippen molar-refractivity contribution in [1.82, 2.24) is 15.0 Å². The van der Waals surface area contributed by atoms with Crippen molar-refractivity contribution in [1.29, 1.82) is 0 Å². The summed E-state index contributed by atoms with van der Waals surface area (Å²) in [6.45, 7) is 0.977. The molecule has 8 heteroatoms. The predicted octanol–water partition coefficient (Wildman–Crippen LogP) is 2.27. The average Bonchev–Trinajstić information content (AvgIpc) is 2.51. The number of H-pyrrole nitrogens is 1. The molecular weight excluding hydrogens is 393 g/mol. The van der Waals surface area contributed by atoms with E-state index in [4.69, 9.17) is 0 Å². The molecule has 0 aromatic carbocycles. The Bertz CT molecular complexity index is 734. The van der Waals surface area contributed by atoms with E-state index in [-0.39, 0.29) is 11.1 Å². The maximum Gasteiger partial charge on any atom is 0.280 e. The third kappa shape index (κ3) is 2.76. The molecule has 1 N–H and O–H groups in total. The first kappa shape index (κ1) is 14.4. The predicted molar refractivity (Wildman–Crippen MR) is 81.5 cm³/mol. The van der Waals surface area contributed by atoms with Gasteiger partial charge < -0.3 is 9.88 Å². The van der Waals surface area contributed by atoms with Gasteiger partial charge in [0, 0.05) is 43.0 Å². The molecule has 3 rings (SSSR count). The van der Waals surface area contributed by atoms with Crippen LogP contribution in [-0.2, 0) is 13.0 Å². The van der Waals surface area contributed by atoms with Gasteiger partial charge in [-0.15, -0.1) is 0 Å². The van der Waals surface area contributed by atoms with Crippen LogP contribution < -0.4 is 10.3 Å². The minimum Gasteiger partial charge on any atom is -0.363 e. The molecule has 0 unspecified atom stereocenters. The molecule has 5 nitrogen and oxygen atoms in total. The Morgan fingerprint density at radius 1 is 1.38 bits per heavy atom. The van der Waals surface area contributed by atoms with Gasteiger partial charge in [-0.1, -0.05) is 0 Å². The molecule has 0 atom stereocenters. The van der Waals surface area contributed by atoms with Crippen molar-refractivity contribution < 1.29 is 8.78 Å². The number of anilines is 1. The van der Waals surface area contributed by atoms with Crippen LogP contribution in [0.4, 0.5) is 14.6 Å². The van der Waals surface area contributed by atoms with Gasteiger partial charge in [0.1, 0.15) is 17.8 Å². The molecule has 2 aromatic rings. The van der Waals surface area contributed by atoms with Crippen molar-refractivity contribution in [3.8, 4) is 0 Å². The summed E-state index contributed by atoms with van der Waals surface area (Å²) in [4.78, 5) is 24.7. The molecule has 0 amide bonds. The lowest BCUT2D eigenvalue weighted by Crippen LogP contribution is -2.35. The van der Waals surface area contributed by atoms with E-state index in [0.717, 1.165) is 12.0 Å². The average molecular weight is 404 g/mol. The molecule has 0 bridgehead atoms. The van der Waals surface area contributed by atoms with Gasteiger partial charge in [-0.05, 0) is 22.6 Å². The van der Waals surface area contributed by atoms with Gasteiger partial charge in [-0.3, -0.25) is 4.79 Å². The minimum absolute atomic E-state index is 0.0165. The number of hydrogen-bond donors (Lipinski definition) is 1. The number of nitrogens with zero attached hydrogens (tertiary/aromatic N) is 3. The van der Waals surface area contributed by atoms with E-state index < -0.39 is 6.43 Å². The smallest absolute Gasteiger partial charge is 0.280 e. The number of pyridine rings is 1. The van der Waals surface area contributed by atoms with Crippen LogP contribution in [-0.4, -0.2) is 21.5 Å². The fourth-order valence-electron chi connectivity index (χ4n) is 2.34. The molecule has 1 aliphatic rings. The number of aromatic amines is 1. The van der Waals surface area contributed by atoms with Crippen LogP contribution in [0.5, 0.6) is 0 Å². The van der Waals surface area contributed by atoms with Crippen molar-refractivity contribution in [2.75, 3.05) is 11.4 Å². The van der Waals surface area contributed by atoms with Crippen LogP contribution in [0.1, 0.15) is 23.4 Å². The standard InChI is InChI=1S/C13H11F2IN4O/c14-13(15)10-3-11(19-6-18-10)20-2-1-9-7(5-20)12(21)8(16)4-17-9/h3-4,6,13H,1-2,5H2,(H,17,21).